The molecule has 0 aliphatic carbocycles. The van der Waals surface area contributed by atoms with Crippen LogP contribution < -0.4 is 5.32 Å². The number of nitrogens with zero attached hydrogens (tertiary/aromatic N) is 3. The summed E-state index contributed by atoms with van der Waals surface area (Å²) in [5.74, 6) is -0.431. The lowest BCUT2D eigenvalue weighted by Crippen LogP contribution is -2.26. The number of para-hydroxylation sites is 2. The zero-order valence-electron chi connectivity index (χ0n) is 14.0. The van der Waals surface area contributed by atoms with Gasteiger partial charge in [0.15, 0.2) is 0 Å². The standard InChI is InChI=1S/C18H17F3N4O/c1-12-13(7-8-16(24-12)18(19,20)21)17(26)22-9-4-10-25-11-23-14-5-2-3-6-15(14)25/h2-3,5-8,11H,4,9-10H2,1H3,(H,22,26). The van der Waals surface area contributed by atoms with Crippen molar-refractivity contribution in [2.75, 3.05) is 6.54 Å². The van der Waals surface area contributed by atoms with E-state index in [-0.39, 0.29) is 11.3 Å². The molecule has 0 spiro atoms. The number of nitrogens with one attached hydrogen (secondary N) is 1. The smallest absolute Gasteiger partial charge is 0.352 e. The van der Waals surface area contributed by atoms with Crippen molar-refractivity contribution in [2.24, 2.45) is 0 Å². The van der Waals surface area contributed by atoms with Gasteiger partial charge in [-0.05, 0) is 37.6 Å². The molecule has 0 saturated carbocycles. The SMILES string of the molecule is Cc1nc(C(F)(F)F)ccc1C(=O)NCCCn1cnc2ccccc21. The number of alkyl halides is 3. The number of fused-ring (bicyclic) bond motifs is 1. The van der Waals surface area contributed by atoms with Gasteiger partial charge in [-0.2, -0.15) is 13.2 Å². The van der Waals surface area contributed by atoms with Gasteiger partial charge < -0.3 is 9.88 Å². The third-order valence-electron chi connectivity index (χ3n) is 4.01. The summed E-state index contributed by atoms with van der Waals surface area (Å²) in [6.45, 7) is 2.46. The topological polar surface area (TPSA) is 59.8 Å². The van der Waals surface area contributed by atoms with Crippen molar-refractivity contribution in [3.63, 3.8) is 0 Å². The summed E-state index contributed by atoms with van der Waals surface area (Å²) in [6, 6.07) is 9.72. The van der Waals surface area contributed by atoms with Crippen molar-refractivity contribution in [3.05, 3.63) is 59.7 Å². The molecule has 0 saturated heterocycles. The van der Waals surface area contributed by atoms with Gasteiger partial charge in [-0.3, -0.25) is 4.79 Å². The maximum absolute atomic E-state index is 12.6. The lowest BCUT2D eigenvalue weighted by molar-refractivity contribution is -0.141. The lowest BCUT2D eigenvalue weighted by Gasteiger charge is -2.11. The van der Waals surface area contributed by atoms with Gasteiger partial charge in [0, 0.05) is 13.1 Å². The van der Waals surface area contributed by atoms with E-state index in [1.807, 2.05) is 28.8 Å². The van der Waals surface area contributed by atoms with Crippen molar-refractivity contribution in [1.29, 1.82) is 0 Å². The quantitative estimate of drug-likeness (QED) is 0.706. The molecule has 0 aliphatic rings. The Morgan fingerprint density at radius 1 is 1.19 bits per heavy atom. The van der Waals surface area contributed by atoms with E-state index in [0.717, 1.165) is 23.2 Å². The van der Waals surface area contributed by atoms with Crippen molar-refractivity contribution in [2.45, 2.75) is 26.1 Å². The van der Waals surface area contributed by atoms with Gasteiger partial charge in [-0.15, -0.1) is 0 Å². The predicted molar refractivity (Wildman–Crippen MR) is 90.7 cm³/mol. The van der Waals surface area contributed by atoms with E-state index in [0.29, 0.717) is 19.5 Å². The molecule has 0 unspecified atom stereocenters. The first-order valence-electron chi connectivity index (χ1n) is 8.09. The fraction of sp³-hybridized carbons (Fsp3) is 0.278. The minimum absolute atomic E-state index is 0.0536. The van der Waals surface area contributed by atoms with Gasteiger partial charge in [-0.25, -0.2) is 9.97 Å². The van der Waals surface area contributed by atoms with Crippen LogP contribution in [-0.4, -0.2) is 27.0 Å². The van der Waals surface area contributed by atoms with E-state index < -0.39 is 17.8 Å². The van der Waals surface area contributed by atoms with Crippen LogP contribution in [0.1, 0.15) is 28.2 Å². The number of benzene rings is 1. The molecule has 0 fully saturated rings. The van der Waals surface area contributed by atoms with E-state index >= 15 is 0 Å². The van der Waals surface area contributed by atoms with E-state index in [2.05, 4.69) is 15.3 Å². The van der Waals surface area contributed by atoms with E-state index in [9.17, 15) is 18.0 Å². The molecule has 2 aromatic heterocycles. The minimum atomic E-state index is -4.52. The van der Waals surface area contributed by atoms with Crippen LogP contribution in [0.25, 0.3) is 11.0 Å². The van der Waals surface area contributed by atoms with E-state index in [4.69, 9.17) is 0 Å². The zero-order chi connectivity index (χ0) is 18.7. The Kier molecular flexibility index (Phi) is 4.92. The number of halogens is 3. The van der Waals surface area contributed by atoms with Crippen molar-refractivity contribution < 1.29 is 18.0 Å². The van der Waals surface area contributed by atoms with Gasteiger partial charge in [-0.1, -0.05) is 12.1 Å². The fourth-order valence-electron chi connectivity index (χ4n) is 2.69. The van der Waals surface area contributed by atoms with Crippen molar-refractivity contribution in [3.8, 4) is 0 Å². The van der Waals surface area contributed by atoms with Crippen LogP contribution in [0.4, 0.5) is 13.2 Å². The highest BCUT2D eigenvalue weighted by Gasteiger charge is 2.33. The summed E-state index contributed by atoms with van der Waals surface area (Å²) in [5.41, 5.74) is 1.12. The first-order valence-corrected chi connectivity index (χ1v) is 8.09. The van der Waals surface area contributed by atoms with Crippen LogP contribution in [0.15, 0.2) is 42.7 Å². The molecular weight excluding hydrogens is 345 g/mol. The maximum atomic E-state index is 12.6. The zero-order valence-corrected chi connectivity index (χ0v) is 14.0. The van der Waals surface area contributed by atoms with Gasteiger partial charge in [0.25, 0.3) is 5.91 Å². The Labute approximate surface area is 147 Å². The Morgan fingerprint density at radius 2 is 1.96 bits per heavy atom. The van der Waals surface area contributed by atoms with Crippen molar-refractivity contribution >= 4 is 16.9 Å². The fourth-order valence-corrected chi connectivity index (χ4v) is 2.69. The first kappa shape index (κ1) is 17.9. The van der Waals surface area contributed by atoms with Crippen LogP contribution in [0.3, 0.4) is 0 Å². The number of carbonyl (C=O) groups excluding carboxylic acids is 1. The highest BCUT2D eigenvalue weighted by Crippen LogP contribution is 2.28. The van der Waals surface area contributed by atoms with Crippen LogP contribution >= 0.6 is 0 Å². The van der Waals surface area contributed by atoms with Gasteiger partial charge in [0.05, 0.1) is 28.6 Å². The summed E-state index contributed by atoms with van der Waals surface area (Å²) >= 11 is 0. The van der Waals surface area contributed by atoms with Crippen LogP contribution in [-0.2, 0) is 12.7 Å². The van der Waals surface area contributed by atoms with Gasteiger partial charge >= 0.3 is 6.18 Å². The summed E-state index contributed by atoms with van der Waals surface area (Å²) in [4.78, 5) is 19.9. The maximum Gasteiger partial charge on any atom is 0.433 e. The van der Waals surface area contributed by atoms with E-state index in [1.165, 1.54) is 6.92 Å². The number of imidazole rings is 1. The molecule has 0 radical (unpaired) electrons. The third kappa shape index (κ3) is 3.84. The Morgan fingerprint density at radius 3 is 2.69 bits per heavy atom. The molecule has 0 atom stereocenters. The van der Waals surface area contributed by atoms with Crippen molar-refractivity contribution in [1.82, 2.24) is 19.9 Å². The Balaban J connectivity index is 1.56. The molecule has 5 nitrogen and oxygen atoms in total. The summed E-state index contributed by atoms with van der Waals surface area (Å²) < 4.78 is 39.9. The van der Waals surface area contributed by atoms with Crippen LogP contribution in [0.5, 0.6) is 0 Å². The molecule has 1 N–H and O–H groups in total. The number of rotatable bonds is 5. The summed E-state index contributed by atoms with van der Waals surface area (Å²) in [7, 11) is 0. The van der Waals surface area contributed by atoms with Gasteiger partial charge in [0.2, 0.25) is 0 Å². The second kappa shape index (κ2) is 7.15. The largest absolute Gasteiger partial charge is 0.433 e. The third-order valence-corrected chi connectivity index (χ3v) is 4.01. The first-order chi connectivity index (χ1) is 12.4. The number of carbonyl (C=O) groups is 1. The highest BCUT2D eigenvalue weighted by molar-refractivity contribution is 5.95. The average Bonchev–Trinajstić information content (AvgIpc) is 3.01. The average molecular weight is 362 g/mol. The highest BCUT2D eigenvalue weighted by atomic mass is 19.4. The molecule has 136 valence electrons. The van der Waals surface area contributed by atoms with Crippen LogP contribution in [0, 0.1) is 6.92 Å². The van der Waals surface area contributed by atoms with Crippen LogP contribution in [0.2, 0.25) is 0 Å². The summed E-state index contributed by atoms with van der Waals surface area (Å²) in [5, 5.41) is 2.71. The molecule has 26 heavy (non-hydrogen) atoms. The normalized spacial score (nSPS) is 11.7. The molecule has 0 aliphatic heterocycles. The molecule has 2 heterocycles. The monoisotopic (exact) mass is 362 g/mol. The number of hydrogen-bond acceptors (Lipinski definition) is 3. The van der Waals surface area contributed by atoms with Gasteiger partial charge in [0.1, 0.15) is 5.69 Å². The second-order valence-electron chi connectivity index (χ2n) is 5.86. The number of hydrogen-bond donors (Lipinski definition) is 1. The number of aryl methyl sites for hydroxylation is 2. The Hall–Kier alpha value is -2.90. The molecule has 0 bridgehead atoms. The Bertz CT molecular complexity index is 934. The molecule has 3 aromatic rings. The number of amides is 1. The number of aromatic nitrogens is 3. The predicted octanol–water partition coefficient (Wildman–Crippen LogP) is 3.58. The second-order valence-corrected chi connectivity index (χ2v) is 5.86. The number of pyridine rings is 1. The molecule has 1 aromatic carbocycles. The molecule has 8 heteroatoms. The lowest BCUT2D eigenvalue weighted by atomic mass is 10.1. The minimum Gasteiger partial charge on any atom is -0.352 e. The van der Waals surface area contributed by atoms with E-state index in [1.54, 1.807) is 6.33 Å². The molecule has 3 rings (SSSR count). The summed E-state index contributed by atoms with van der Waals surface area (Å²) in [6.07, 6.45) is -2.11. The molecule has 1 amide bonds. The molecular formula is C18H17F3N4O.